The van der Waals surface area contributed by atoms with Crippen molar-refractivity contribution < 1.29 is 19.8 Å². The SMILES string of the molecule is CC(=O)NCCCCCC(=O)N1CC(O)C(O)C1. The van der Waals surface area contributed by atoms with Crippen molar-refractivity contribution in [2.75, 3.05) is 19.6 Å². The Morgan fingerprint density at radius 3 is 2.33 bits per heavy atom. The van der Waals surface area contributed by atoms with Gasteiger partial charge >= 0.3 is 0 Å². The zero-order chi connectivity index (χ0) is 13.5. The molecule has 1 fully saturated rings. The molecule has 104 valence electrons. The maximum absolute atomic E-state index is 11.7. The van der Waals surface area contributed by atoms with E-state index < -0.39 is 12.2 Å². The van der Waals surface area contributed by atoms with Crippen molar-refractivity contribution in [3.05, 3.63) is 0 Å². The zero-order valence-electron chi connectivity index (χ0n) is 10.8. The molecule has 2 amide bonds. The van der Waals surface area contributed by atoms with E-state index in [2.05, 4.69) is 5.32 Å². The largest absolute Gasteiger partial charge is 0.388 e. The van der Waals surface area contributed by atoms with Crippen LogP contribution in [0.5, 0.6) is 0 Å². The van der Waals surface area contributed by atoms with E-state index in [1.165, 1.54) is 11.8 Å². The van der Waals surface area contributed by atoms with E-state index in [1.54, 1.807) is 0 Å². The number of hydrogen-bond acceptors (Lipinski definition) is 4. The number of amides is 2. The molecule has 1 aliphatic rings. The predicted molar refractivity (Wildman–Crippen MR) is 65.7 cm³/mol. The van der Waals surface area contributed by atoms with E-state index >= 15 is 0 Å². The Morgan fingerprint density at radius 2 is 1.78 bits per heavy atom. The molecule has 1 rings (SSSR count). The number of aliphatic hydroxyl groups is 2. The highest BCUT2D eigenvalue weighted by atomic mass is 16.3. The summed E-state index contributed by atoms with van der Waals surface area (Å²) in [6.07, 6.45) is 1.31. The van der Waals surface area contributed by atoms with Crippen LogP contribution in [0.15, 0.2) is 0 Å². The monoisotopic (exact) mass is 258 g/mol. The normalized spacial score (nSPS) is 23.2. The highest BCUT2D eigenvalue weighted by Gasteiger charge is 2.31. The lowest BCUT2D eigenvalue weighted by Gasteiger charge is -2.15. The minimum atomic E-state index is -0.811. The molecular formula is C12H22N2O4. The number of rotatable bonds is 6. The van der Waals surface area contributed by atoms with Crippen molar-refractivity contribution in [3.63, 3.8) is 0 Å². The molecule has 1 aliphatic heterocycles. The summed E-state index contributed by atoms with van der Waals surface area (Å²) in [5, 5.41) is 21.4. The Kier molecular flexibility index (Phi) is 6.07. The van der Waals surface area contributed by atoms with E-state index in [1.807, 2.05) is 0 Å². The molecular weight excluding hydrogens is 236 g/mol. The van der Waals surface area contributed by atoms with Crippen LogP contribution in [0.25, 0.3) is 0 Å². The first-order valence-corrected chi connectivity index (χ1v) is 6.39. The molecule has 3 N–H and O–H groups in total. The maximum atomic E-state index is 11.7. The molecule has 0 aromatic rings. The van der Waals surface area contributed by atoms with Gasteiger partial charge in [0.25, 0.3) is 0 Å². The van der Waals surface area contributed by atoms with E-state index in [9.17, 15) is 19.8 Å². The van der Waals surface area contributed by atoms with Gasteiger partial charge in [-0.3, -0.25) is 9.59 Å². The van der Waals surface area contributed by atoms with Gasteiger partial charge in [-0.05, 0) is 12.8 Å². The van der Waals surface area contributed by atoms with Crippen LogP contribution in [0.1, 0.15) is 32.6 Å². The predicted octanol–water partition coefficient (Wildman–Crippen LogP) is -0.753. The first-order valence-electron chi connectivity index (χ1n) is 6.39. The molecule has 2 atom stereocenters. The number of nitrogens with one attached hydrogen (secondary N) is 1. The number of unbranched alkanes of at least 4 members (excludes halogenated alkanes) is 2. The van der Waals surface area contributed by atoms with Crippen molar-refractivity contribution in [1.82, 2.24) is 10.2 Å². The maximum Gasteiger partial charge on any atom is 0.222 e. The molecule has 6 nitrogen and oxygen atoms in total. The van der Waals surface area contributed by atoms with Crippen molar-refractivity contribution in [2.24, 2.45) is 0 Å². The third-order valence-corrected chi connectivity index (χ3v) is 3.05. The number of hydrogen-bond donors (Lipinski definition) is 3. The highest BCUT2D eigenvalue weighted by Crippen LogP contribution is 2.12. The van der Waals surface area contributed by atoms with Gasteiger partial charge in [0.1, 0.15) is 0 Å². The summed E-state index contributed by atoms with van der Waals surface area (Å²) in [5.74, 6) is -0.0590. The number of carbonyl (C=O) groups is 2. The second-order valence-electron chi connectivity index (χ2n) is 4.73. The summed E-state index contributed by atoms with van der Waals surface area (Å²) in [4.78, 5) is 23.8. The van der Waals surface area contributed by atoms with Crippen molar-refractivity contribution in [3.8, 4) is 0 Å². The number of carbonyl (C=O) groups excluding carboxylic acids is 2. The smallest absolute Gasteiger partial charge is 0.222 e. The summed E-state index contributed by atoms with van der Waals surface area (Å²) < 4.78 is 0. The summed E-state index contributed by atoms with van der Waals surface area (Å²) in [7, 11) is 0. The molecule has 0 bridgehead atoms. The Hall–Kier alpha value is -1.14. The first kappa shape index (κ1) is 14.9. The molecule has 1 saturated heterocycles. The van der Waals surface area contributed by atoms with Crippen LogP contribution >= 0.6 is 0 Å². The van der Waals surface area contributed by atoms with Crippen LogP contribution in [0.4, 0.5) is 0 Å². The summed E-state index contributed by atoms with van der Waals surface area (Å²) in [5.41, 5.74) is 0. The molecule has 0 radical (unpaired) electrons. The fourth-order valence-electron chi connectivity index (χ4n) is 1.97. The van der Waals surface area contributed by atoms with Gasteiger partial charge in [0.05, 0.1) is 12.2 Å². The van der Waals surface area contributed by atoms with Crippen LogP contribution < -0.4 is 5.32 Å². The molecule has 0 spiro atoms. The van der Waals surface area contributed by atoms with Crippen LogP contribution in [0.3, 0.4) is 0 Å². The van der Waals surface area contributed by atoms with Gasteiger partial charge in [-0.15, -0.1) is 0 Å². The van der Waals surface area contributed by atoms with Crippen LogP contribution in [-0.2, 0) is 9.59 Å². The minimum absolute atomic E-state index is 0.0230. The van der Waals surface area contributed by atoms with E-state index in [0.717, 1.165) is 19.3 Å². The molecule has 0 aromatic heterocycles. The van der Waals surface area contributed by atoms with Gasteiger partial charge in [0.15, 0.2) is 0 Å². The van der Waals surface area contributed by atoms with Gasteiger partial charge in [-0.2, -0.15) is 0 Å². The summed E-state index contributed by atoms with van der Waals surface area (Å²) >= 11 is 0. The Morgan fingerprint density at radius 1 is 1.17 bits per heavy atom. The second-order valence-corrected chi connectivity index (χ2v) is 4.73. The van der Waals surface area contributed by atoms with Crippen molar-refractivity contribution in [1.29, 1.82) is 0 Å². The Bertz CT molecular complexity index is 286. The quantitative estimate of drug-likeness (QED) is 0.547. The summed E-state index contributed by atoms with van der Waals surface area (Å²) in [6.45, 7) is 2.58. The molecule has 6 heteroatoms. The van der Waals surface area contributed by atoms with E-state index in [4.69, 9.17) is 0 Å². The van der Waals surface area contributed by atoms with Gasteiger partial charge in [-0.25, -0.2) is 0 Å². The molecule has 0 aromatic carbocycles. The lowest BCUT2D eigenvalue weighted by atomic mass is 10.2. The van der Waals surface area contributed by atoms with Gasteiger partial charge in [0, 0.05) is 33.0 Å². The van der Waals surface area contributed by atoms with Crippen LogP contribution in [0.2, 0.25) is 0 Å². The van der Waals surface area contributed by atoms with Gasteiger partial charge in [-0.1, -0.05) is 6.42 Å². The minimum Gasteiger partial charge on any atom is -0.388 e. The van der Waals surface area contributed by atoms with Crippen LogP contribution in [-0.4, -0.2) is 58.8 Å². The number of β-amino-alcohol motifs (C(OH)–C–C–N with tert-alkyl or cyclic N) is 2. The van der Waals surface area contributed by atoms with Gasteiger partial charge < -0.3 is 20.4 Å². The molecule has 0 aliphatic carbocycles. The van der Waals surface area contributed by atoms with E-state index in [-0.39, 0.29) is 24.9 Å². The Labute approximate surface area is 107 Å². The number of aliphatic hydroxyl groups excluding tert-OH is 2. The Balaban J connectivity index is 2.05. The van der Waals surface area contributed by atoms with Crippen molar-refractivity contribution in [2.45, 2.75) is 44.8 Å². The lowest BCUT2D eigenvalue weighted by molar-refractivity contribution is -0.130. The number of likely N-dealkylation sites (tertiary alicyclic amines) is 1. The molecule has 2 unspecified atom stereocenters. The third kappa shape index (κ3) is 5.01. The number of nitrogens with zero attached hydrogens (tertiary/aromatic N) is 1. The second kappa shape index (κ2) is 7.33. The molecule has 18 heavy (non-hydrogen) atoms. The van der Waals surface area contributed by atoms with Crippen molar-refractivity contribution >= 4 is 11.8 Å². The lowest BCUT2D eigenvalue weighted by Crippen LogP contribution is -2.29. The molecule has 0 saturated carbocycles. The molecule has 1 heterocycles. The fourth-order valence-corrected chi connectivity index (χ4v) is 1.97. The summed E-state index contributed by atoms with van der Waals surface area (Å²) in [6, 6.07) is 0. The standard InChI is InChI=1S/C12H22N2O4/c1-9(15)13-6-4-2-3-5-12(18)14-7-10(16)11(17)8-14/h10-11,16-17H,2-8H2,1H3,(H,13,15). The van der Waals surface area contributed by atoms with Gasteiger partial charge in [0.2, 0.25) is 11.8 Å². The zero-order valence-corrected chi connectivity index (χ0v) is 10.8. The third-order valence-electron chi connectivity index (χ3n) is 3.05. The highest BCUT2D eigenvalue weighted by molar-refractivity contribution is 5.76. The fraction of sp³-hybridized carbons (Fsp3) is 0.833. The van der Waals surface area contributed by atoms with Crippen LogP contribution in [0, 0.1) is 0 Å². The topological polar surface area (TPSA) is 89.9 Å². The van der Waals surface area contributed by atoms with E-state index in [0.29, 0.717) is 13.0 Å². The average Bonchev–Trinajstić information content (AvgIpc) is 2.63. The first-order chi connectivity index (χ1) is 8.50. The average molecular weight is 258 g/mol.